The summed E-state index contributed by atoms with van der Waals surface area (Å²) in [5, 5.41) is 3.51. The van der Waals surface area contributed by atoms with Crippen LogP contribution in [0.5, 0.6) is 5.75 Å². The number of rotatable bonds is 8. The highest BCUT2D eigenvalue weighted by molar-refractivity contribution is 7.93. The predicted molar refractivity (Wildman–Crippen MR) is 110 cm³/mol. The summed E-state index contributed by atoms with van der Waals surface area (Å²) < 4.78 is 29.9. The number of carbonyl (C=O) groups is 3. The molecular formula is C20H22N2O6S. The van der Waals surface area contributed by atoms with Gasteiger partial charge in [-0.1, -0.05) is 0 Å². The van der Waals surface area contributed by atoms with Crippen molar-refractivity contribution in [2.24, 2.45) is 0 Å². The molecule has 0 bridgehead atoms. The molecule has 9 heteroatoms. The van der Waals surface area contributed by atoms with E-state index >= 15 is 0 Å². The van der Waals surface area contributed by atoms with E-state index in [-0.39, 0.29) is 5.78 Å². The second-order valence-corrected chi connectivity index (χ2v) is 8.67. The average molecular weight is 418 g/mol. The quantitative estimate of drug-likeness (QED) is 0.635. The van der Waals surface area contributed by atoms with E-state index in [1.165, 1.54) is 45.2 Å². The van der Waals surface area contributed by atoms with E-state index in [9.17, 15) is 22.8 Å². The zero-order valence-corrected chi connectivity index (χ0v) is 17.1. The molecule has 8 nitrogen and oxygen atoms in total. The number of methoxy groups -OCH3 is 1. The summed E-state index contributed by atoms with van der Waals surface area (Å²) in [6, 6.07) is 12.5. The summed E-state index contributed by atoms with van der Waals surface area (Å²) in [5.74, 6) is -1.88. The molecule has 0 fully saturated rings. The molecule has 154 valence electrons. The first-order valence-corrected chi connectivity index (χ1v) is 10.4. The Bertz CT molecular complexity index is 998. The molecule has 0 aromatic heterocycles. The number of ketones is 1. The summed E-state index contributed by atoms with van der Waals surface area (Å²) in [6.45, 7) is 2.63. The maximum absolute atomic E-state index is 12.4. The van der Waals surface area contributed by atoms with E-state index in [1.54, 1.807) is 24.3 Å². The van der Waals surface area contributed by atoms with Gasteiger partial charge in [-0.2, -0.15) is 0 Å². The lowest BCUT2D eigenvalue weighted by Gasteiger charge is -2.14. The van der Waals surface area contributed by atoms with Crippen LogP contribution in [0, 0.1) is 0 Å². The molecule has 0 saturated heterocycles. The highest BCUT2D eigenvalue weighted by atomic mass is 32.2. The van der Waals surface area contributed by atoms with Gasteiger partial charge in [-0.3, -0.25) is 14.4 Å². The van der Waals surface area contributed by atoms with Crippen LogP contribution in [-0.4, -0.2) is 44.1 Å². The Hall–Kier alpha value is -3.20. The van der Waals surface area contributed by atoms with Gasteiger partial charge in [-0.25, -0.2) is 8.42 Å². The van der Waals surface area contributed by atoms with Crippen LogP contribution in [0.15, 0.2) is 48.5 Å². The van der Waals surface area contributed by atoms with Crippen LogP contribution in [0.1, 0.15) is 24.2 Å². The first-order chi connectivity index (χ1) is 13.6. The highest BCUT2D eigenvalue weighted by Gasteiger charge is 2.30. The SMILES string of the molecule is COc1ccc(NC(=O)CS(=O)(=O)C(C)C(=O)Nc2ccc(C(C)=O)cc2)cc1. The Kier molecular flexibility index (Phi) is 7.11. The van der Waals surface area contributed by atoms with Gasteiger partial charge in [-0.05, 0) is 62.4 Å². The van der Waals surface area contributed by atoms with Gasteiger partial charge in [0.15, 0.2) is 15.6 Å². The van der Waals surface area contributed by atoms with Crippen LogP contribution in [0.3, 0.4) is 0 Å². The second-order valence-electron chi connectivity index (χ2n) is 6.35. The van der Waals surface area contributed by atoms with Crippen molar-refractivity contribution in [1.29, 1.82) is 0 Å². The van der Waals surface area contributed by atoms with E-state index in [1.807, 2.05) is 0 Å². The molecule has 0 aliphatic rings. The van der Waals surface area contributed by atoms with Crippen LogP contribution >= 0.6 is 0 Å². The van der Waals surface area contributed by atoms with Crippen molar-refractivity contribution in [3.05, 3.63) is 54.1 Å². The lowest BCUT2D eigenvalue weighted by Crippen LogP contribution is -2.37. The minimum absolute atomic E-state index is 0.123. The van der Waals surface area contributed by atoms with Crippen molar-refractivity contribution in [2.45, 2.75) is 19.1 Å². The van der Waals surface area contributed by atoms with Crippen LogP contribution in [-0.2, 0) is 19.4 Å². The van der Waals surface area contributed by atoms with Gasteiger partial charge in [-0.15, -0.1) is 0 Å². The monoisotopic (exact) mass is 418 g/mol. The van der Waals surface area contributed by atoms with Gasteiger partial charge in [0, 0.05) is 16.9 Å². The first kappa shape index (κ1) is 22.1. The number of hydrogen-bond donors (Lipinski definition) is 2. The summed E-state index contributed by atoms with van der Waals surface area (Å²) in [4.78, 5) is 35.6. The Morgan fingerprint density at radius 2 is 1.45 bits per heavy atom. The van der Waals surface area contributed by atoms with E-state index in [4.69, 9.17) is 4.74 Å². The van der Waals surface area contributed by atoms with Gasteiger partial charge >= 0.3 is 0 Å². The summed E-state index contributed by atoms with van der Waals surface area (Å²) >= 11 is 0. The van der Waals surface area contributed by atoms with Crippen molar-refractivity contribution in [1.82, 2.24) is 0 Å². The minimum Gasteiger partial charge on any atom is -0.497 e. The number of benzene rings is 2. The average Bonchev–Trinajstić information content (AvgIpc) is 2.67. The topological polar surface area (TPSA) is 119 Å². The molecule has 2 N–H and O–H groups in total. The number of hydrogen-bond acceptors (Lipinski definition) is 6. The van der Waals surface area contributed by atoms with Crippen molar-refractivity contribution in [2.75, 3.05) is 23.5 Å². The van der Waals surface area contributed by atoms with Crippen LogP contribution < -0.4 is 15.4 Å². The smallest absolute Gasteiger partial charge is 0.242 e. The maximum atomic E-state index is 12.4. The highest BCUT2D eigenvalue weighted by Crippen LogP contribution is 2.16. The number of Topliss-reactive ketones (excluding diaryl/α,β-unsaturated/α-hetero) is 1. The number of carbonyl (C=O) groups excluding carboxylic acids is 3. The fraction of sp³-hybridized carbons (Fsp3) is 0.250. The van der Waals surface area contributed by atoms with Crippen LogP contribution in [0.2, 0.25) is 0 Å². The third-order valence-electron chi connectivity index (χ3n) is 4.17. The Morgan fingerprint density at radius 3 is 1.97 bits per heavy atom. The molecular weight excluding hydrogens is 396 g/mol. The lowest BCUT2D eigenvalue weighted by molar-refractivity contribution is -0.115. The molecule has 0 heterocycles. The van der Waals surface area contributed by atoms with Gasteiger partial charge in [0.25, 0.3) is 0 Å². The Balaban J connectivity index is 1.98. The summed E-state index contributed by atoms with van der Waals surface area (Å²) in [5.41, 5.74) is 1.23. The van der Waals surface area contributed by atoms with Crippen molar-refractivity contribution in [3.8, 4) is 5.75 Å². The van der Waals surface area contributed by atoms with Gasteiger partial charge in [0.2, 0.25) is 11.8 Å². The molecule has 0 aliphatic carbocycles. The zero-order chi connectivity index (χ0) is 21.6. The molecule has 29 heavy (non-hydrogen) atoms. The molecule has 2 aromatic carbocycles. The summed E-state index contributed by atoms with van der Waals surface area (Å²) in [6.07, 6.45) is 0. The van der Waals surface area contributed by atoms with Gasteiger partial charge in [0.1, 0.15) is 16.8 Å². The van der Waals surface area contributed by atoms with Crippen LogP contribution in [0.4, 0.5) is 11.4 Å². The van der Waals surface area contributed by atoms with Gasteiger partial charge < -0.3 is 15.4 Å². The molecule has 2 amide bonds. The Labute approximate surface area is 169 Å². The Morgan fingerprint density at radius 1 is 0.931 bits per heavy atom. The number of sulfone groups is 1. The van der Waals surface area contributed by atoms with E-state index < -0.39 is 32.7 Å². The number of nitrogens with one attached hydrogen (secondary N) is 2. The van der Waals surface area contributed by atoms with Crippen LogP contribution in [0.25, 0.3) is 0 Å². The fourth-order valence-corrected chi connectivity index (χ4v) is 3.45. The van der Waals surface area contributed by atoms with E-state index in [0.29, 0.717) is 22.7 Å². The van der Waals surface area contributed by atoms with E-state index in [0.717, 1.165) is 0 Å². The van der Waals surface area contributed by atoms with Crippen molar-refractivity contribution < 1.29 is 27.5 Å². The third kappa shape index (κ3) is 6.15. The van der Waals surface area contributed by atoms with E-state index in [2.05, 4.69) is 10.6 Å². The second kappa shape index (κ2) is 9.33. The molecule has 0 radical (unpaired) electrons. The molecule has 0 saturated carbocycles. The first-order valence-electron chi connectivity index (χ1n) is 8.69. The number of anilines is 2. The fourth-order valence-electron chi connectivity index (χ4n) is 2.37. The maximum Gasteiger partial charge on any atom is 0.242 e. The standard InChI is InChI=1S/C20H22N2O6S/c1-13(23)15-4-6-17(7-5-15)22-20(25)14(2)29(26,27)12-19(24)21-16-8-10-18(28-3)11-9-16/h4-11,14H,12H2,1-3H3,(H,21,24)(H,22,25). The predicted octanol–water partition coefficient (Wildman–Crippen LogP) is 2.28. The number of amides is 2. The third-order valence-corrected chi connectivity index (χ3v) is 6.13. The van der Waals surface area contributed by atoms with Gasteiger partial charge in [0.05, 0.1) is 7.11 Å². The lowest BCUT2D eigenvalue weighted by atomic mass is 10.1. The summed E-state index contributed by atoms with van der Waals surface area (Å²) in [7, 11) is -2.53. The molecule has 0 spiro atoms. The molecule has 2 aromatic rings. The molecule has 1 unspecified atom stereocenters. The molecule has 1 atom stereocenters. The normalized spacial score (nSPS) is 12.0. The largest absolute Gasteiger partial charge is 0.497 e. The minimum atomic E-state index is -4.04. The van der Waals surface area contributed by atoms with Crippen molar-refractivity contribution in [3.63, 3.8) is 0 Å². The number of ether oxygens (including phenoxy) is 1. The zero-order valence-electron chi connectivity index (χ0n) is 16.3. The molecule has 0 aliphatic heterocycles. The molecule has 2 rings (SSSR count). The van der Waals surface area contributed by atoms with Crippen molar-refractivity contribution >= 4 is 38.8 Å².